The fourth-order valence-electron chi connectivity index (χ4n) is 8.12. The van der Waals surface area contributed by atoms with Gasteiger partial charge in [0.15, 0.2) is 40.2 Å². The van der Waals surface area contributed by atoms with Crippen molar-refractivity contribution in [3.8, 4) is 23.3 Å². The quantitative estimate of drug-likeness (QED) is 0.0844. The summed E-state index contributed by atoms with van der Waals surface area (Å²) in [5.74, 6) is 4.56. The second-order valence-electron chi connectivity index (χ2n) is 15.8. The third-order valence-corrected chi connectivity index (χ3v) is 11.4. The van der Waals surface area contributed by atoms with Crippen molar-refractivity contribution in [2.75, 3.05) is 82.2 Å². The lowest BCUT2D eigenvalue weighted by Gasteiger charge is -2.33. The number of fused-ring (bicyclic) bond motifs is 2. The van der Waals surface area contributed by atoms with Gasteiger partial charge in [0.2, 0.25) is 0 Å². The van der Waals surface area contributed by atoms with E-state index in [1.54, 1.807) is 92.5 Å². The van der Waals surface area contributed by atoms with Gasteiger partial charge in [0, 0.05) is 81.1 Å². The van der Waals surface area contributed by atoms with E-state index < -0.39 is 5.97 Å². The molecule has 66 heavy (non-hydrogen) atoms. The largest absolute Gasteiger partial charge is 0.491 e. The summed E-state index contributed by atoms with van der Waals surface area (Å²) in [6.45, 7) is 3.27. The molecule has 8 heterocycles. The SMILES string of the molecule is COC(=O)c1ccc(C(=O)CC2CCCN(c3cc(Nc4ccc(OC)c(OC)n4)c4nccn4n3)C2)cc1.COc1ccc(Nc2cc(N3CCCC(N)C3)nn3ccnc23)nc1OC. The Morgan fingerprint density at radius 3 is 1.68 bits per heavy atom. The minimum Gasteiger partial charge on any atom is -0.491 e. The van der Waals surface area contributed by atoms with Crippen LogP contribution in [0.1, 0.15) is 52.8 Å². The summed E-state index contributed by atoms with van der Waals surface area (Å²) in [4.78, 5) is 46.9. The van der Waals surface area contributed by atoms with E-state index in [1.807, 2.05) is 30.5 Å². The molecule has 0 spiro atoms. The summed E-state index contributed by atoms with van der Waals surface area (Å²) in [6, 6.07) is 18.0. The number of Topliss-reactive ketones (excluding diaryl/α,β-unsaturated/α-hetero) is 1. The molecule has 2 aliphatic heterocycles. The Hall–Kier alpha value is -7.74. The fraction of sp³-hybridized carbons (Fsp3) is 0.348. The first-order valence-corrected chi connectivity index (χ1v) is 21.5. The molecule has 1 aromatic carbocycles. The Morgan fingerprint density at radius 2 is 1.18 bits per heavy atom. The van der Waals surface area contributed by atoms with Crippen LogP contribution >= 0.6 is 0 Å². The van der Waals surface area contributed by atoms with Crippen LogP contribution in [0.2, 0.25) is 0 Å². The summed E-state index contributed by atoms with van der Waals surface area (Å²) >= 11 is 0. The Labute approximate surface area is 381 Å². The minimum atomic E-state index is -0.421. The van der Waals surface area contributed by atoms with Gasteiger partial charge in [-0.25, -0.2) is 23.8 Å². The number of hydrogen-bond acceptors (Lipinski definition) is 18. The number of carbonyl (C=O) groups is 2. The van der Waals surface area contributed by atoms with Gasteiger partial charge in [0.25, 0.3) is 11.8 Å². The second kappa shape index (κ2) is 20.4. The summed E-state index contributed by atoms with van der Waals surface area (Å²) in [5.41, 5.74) is 10.1. The van der Waals surface area contributed by atoms with Crippen LogP contribution in [0.4, 0.5) is 34.6 Å². The molecule has 0 amide bonds. The number of carbonyl (C=O) groups excluding carboxylic acids is 2. The summed E-state index contributed by atoms with van der Waals surface area (Å²) < 4.78 is 29.4. The Bertz CT molecular complexity index is 2800. The number of aromatic nitrogens is 8. The van der Waals surface area contributed by atoms with Gasteiger partial charge in [-0.15, -0.1) is 10.2 Å². The molecule has 9 rings (SSSR count). The van der Waals surface area contributed by atoms with E-state index in [0.717, 1.165) is 74.0 Å². The average molecular weight is 900 g/mol. The predicted octanol–water partition coefficient (Wildman–Crippen LogP) is 5.97. The Balaban J connectivity index is 0.000000192. The van der Waals surface area contributed by atoms with Crippen LogP contribution in [0.5, 0.6) is 23.3 Å². The number of benzene rings is 1. The van der Waals surface area contributed by atoms with Crippen molar-refractivity contribution in [3.63, 3.8) is 0 Å². The molecular formula is C46H53N13O7. The second-order valence-corrected chi connectivity index (χ2v) is 15.8. The van der Waals surface area contributed by atoms with E-state index >= 15 is 0 Å². The van der Waals surface area contributed by atoms with Crippen molar-refractivity contribution in [1.29, 1.82) is 0 Å². The van der Waals surface area contributed by atoms with Gasteiger partial charge >= 0.3 is 5.97 Å². The number of ketones is 1. The number of esters is 1. The monoisotopic (exact) mass is 899 g/mol. The highest BCUT2D eigenvalue weighted by Crippen LogP contribution is 2.33. The fourth-order valence-corrected chi connectivity index (χ4v) is 8.12. The van der Waals surface area contributed by atoms with Crippen LogP contribution in [0.15, 0.2) is 85.5 Å². The lowest BCUT2D eigenvalue weighted by atomic mass is 9.90. The molecule has 0 radical (unpaired) electrons. The molecule has 2 atom stereocenters. The molecule has 6 aromatic heterocycles. The van der Waals surface area contributed by atoms with Gasteiger partial charge < -0.3 is 49.9 Å². The molecule has 0 saturated carbocycles. The number of piperidine rings is 2. The van der Waals surface area contributed by atoms with Crippen molar-refractivity contribution in [2.45, 2.75) is 38.1 Å². The third kappa shape index (κ3) is 10.1. The Morgan fingerprint density at radius 1 is 0.667 bits per heavy atom. The van der Waals surface area contributed by atoms with Gasteiger partial charge in [-0.05, 0) is 68.0 Å². The molecule has 344 valence electrons. The normalized spacial score (nSPS) is 16.0. The van der Waals surface area contributed by atoms with E-state index in [2.05, 4.69) is 45.5 Å². The molecule has 2 unspecified atom stereocenters. The van der Waals surface area contributed by atoms with Gasteiger partial charge in [-0.3, -0.25) is 4.79 Å². The highest BCUT2D eigenvalue weighted by atomic mass is 16.5. The molecule has 0 bridgehead atoms. The summed E-state index contributed by atoms with van der Waals surface area (Å²) in [7, 11) is 7.59. The minimum absolute atomic E-state index is 0.0539. The van der Waals surface area contributed by atoms with Gasteiger partial charge in [-0.2, -0.15) is 9.97 Å². The van der Waals surface area contributed by atoms with Crippen molar-refractivity contribution < 1.29 is 33.3 Å². The van der Waals surface area contributed by atoms with Crippen molar-refractivity contribution in [2.24, 2.45) is 11.7 Å². The van der Waals surface area contributed by atoms with Crippen LogP contribution in [-0.4, -0.2) is 119 Å². The zero-order chi connectivity index (χ0) is 46.2. The molecule has 7 aromatic rings. The number of nitrogens with one attached hydrogen (secondary N) is 2. The van der Waals surface area contributed by atoms with Crippen molar-refractivity contribution >= 4 is 57.7 Å². The molecule has 2 aliphatic rings. The number of nitrogens with two attached hydrogens (primary N) is 1. The topological polar surface area (TPSA) is 223 Å². The molecule has 0 aliphatic carbocycles. The maximum Gasteiger partial charge on any atom is 0.337 e. The van der Waals surface area contributed by atoms with E-state index in [1.165, 1.54) is 7.11 Å². The van der Waals surface area contributed by atoms with Crippen LogP contribution in [0, 0.1) is 5.92 Å². The number of ether oxygens (including phenoxy) is 5. The highest BCUT2D eigenvalue weighted by molar-refractivity contribution is 5.97. The first-order chi connectivity index (χ1) is 32.2. The zero-order valence-corrected chi connectivity index (χ0v) is 37.5. The molecule has 20 heteroatoms. The van der Waals surface area contributed by atoms with Crippen molar-refractivity contribution in [3.05, 3.63) is 96.6 Å². The number of methoxy groups -OCH3 is 5. The molecular weight excluding hydrogens is 847 g/mol. The number of imidazole rings is 2. The standard InChI is InChI=1S/C28H30N6O5.C18H23N7O2/c1-37-23-10-11-24(31-27(23)38-2)30-21-16-25(32-34-14-12-29-26(21)34)33-13-4-5-18(17-33)15-22(35)19-6-8-20(9-7-19)28(36)39-3;1-26-14-5-6-15(22-18(14)27-2)21-13-10-16(23-25-9-7-20-17(13)25)24-8-3-4-12(19)11-24/h6-12,14,16,18H,4-5,13,15,17H2,1-3H3,(H,30,31);5-7,9-10,12H,3-4,8,11,19H2,1-2H3,(H,21,22). The number of nitrogens with zero attached hydrogens (tertiary/aromatic N) is 10. The van der Waals surface area contributed by atoms with E-state index in [0.29, 0.717) is 64.6 Å². The van der Waals surface area contributed by atoms with Gasteiger partial charge in [-0.1, -0.05) is 12.1 Å². The summed E-state index contributed by atoms with van der Waals surface area (Å²) in [5, 5.41) is 16.1. The van der Waals surface area contributed by atoms with E-state index in [-0.39, 0.29) is 17.7 Å². The van der Waals surface area contributed by atoms with Crippen LogP contribution < -0.4 is 45.1 Å². The maximum absolute atomic E-state index is 13.0. The first-order valence-electron chi connectivity index (χ1n) is 21.5. The van der Waals surface area contributed by atoms with Gasteiger partial charge in [0.1, 0.15) is 11.6 Å². The average Bonchev–Trinajstić information content (AvgIpc) is 4.05. The number of hydrogen-bond donors (Lipinski definition) is 3. The predicted molar refractivity (Wildman–Crippen MR) is 248 cm³/mol. The number of anilines is 6. The lowest BCUT2D eigenvalue weighted by Crippen LogP contribution is -2.43. The lowest BCUT2D eigenvalue weighted by molar-refractivity contribution is 0.0600. The first kappa shape index (κ1) is 44.9. The van der Waals surface area contributed by atoms with Gasteiger partial charge in [0.05, 0.1) is 52.5 Å². The van der Waals surface area contributed by atoms with Crippen molar-refractivity contribution in [1.82, 2.24) is 39.2 Å². The smallest absolute Gasteiger partial charge is 0.337 e. The maximum atomic E-state index is 13.0. The number of rotatable bonds is 14. The highest BCUT2D eigenvalue weighted by Gasteiger charge is 2.26. The molecule has 2 saturated heterocycles. The third-order valence-electron chi connectivity index (χ3n) is 11.4. The zero-order valence-electron chi connectivity index (χ0n) is 37.5. The van der Waals surface area contributed by atoms with Crippen LogP contribution in [0.25, 0.3) is 11.3 Å². The van der Waals surface area contributed by atoms with Crippen LogP contribution in [0.3, 0.4) is 0 Å². The summed E-state index contributed by atoms with van der Waals surface area (Å²) in [6.07, 6.45) is 11.5. The number of pyridine rings is 2. The Kier molecular flexibility index (Phi) is 13.9. The van der Waals surface area contributed by atoms with E-state index in [4.69, 9.17) is 34.5 Å². The van der Waals surface area contributed by atoms with E-state index in [9.17, 15) is 9.59 Å². The molecule has 20 nitrogen and oxygen atoms in total. The molecule has 2 fully saturated rings. The van der Waals surface area contributed by atoms with Crippen LogP contribution in [-0.2, 0) is 4.74 Å². The molecule has 4 N–H and O–H groups in total.